The van der Waals surface area contributed by atoms with Crippen LogP contribution in [0.5, 0.6) is 0 Å². The molecule has 2 bridgehead atoms. The number of halogens is 1. The molecule has 3 atom stereocenters. The standard InChI is InChI=1S/C18H32N2O.ClH/c1-2-15(12-14-6-4-3-5-7-14)18(21)20-16-8-9-17(20)13-19-11-10-16;/h14-17,19H,2-13H2,1H3;1H. The SMILES string of the molecule is CCC(CC1CCCCC1)C(=O)N1C2CCNCC1CC2.Cl. The van der Waals surface area contributed by atoms with Gasteiger partial charge in [-0.2, -0.15) is 0 Å². The van der Waals surface area contributed by atoms with Gasteiger partial charge in [0.2, 0.25) is 5.91 Å². The fourth-order valence-electron chi connectivity index (χ4n) is 4.82. The predicted molar refractivity (Wildman–Crippen MR) is 93.4 cm³/mol. The number of carbonyl (C=O) groups is 1. The van der Waals surface area contributed by atoms with E-state index in [1.165, 1.54) is 44.9 Å². The van der Waals surface area contributed by atoms with Crippen LogP contribution in [-0.4, -0.2) is 36.0 Å². The number of nitrogens with one attached hydrogen (secondary N) is 1. The first-order valence-electron chi connectivity index (χ1n) is 9.32. The van der Waals surface area contributed by atoms with Gasteiger partial charge in [-0.15, -0.1) is 12.4 Å². The summed E-state index contributed by atoms with van der Waals surface area (Å²) in [4.78, 5) is 15.4. The van der Waals surface area contributed by atoms with E-state index in [1.807, 2.05) is 0 Å². The van der Waals surface area contributed by atoms with Gasteiger partial charge in [0, 0.05) is 24.5 Å². The minimum absolute atomic E-state index is 0. The summed E-state index contributed by atoms with van der Waals surface area (Å²) in [7, 11) is 0. The Morgan fingerprint density at radius 2 is 1.82 bits per heavy atom. The number of nitrogens with zero attached hydrogens (tertiary/aromatic N) is 1. The zero-order chi connectivity index (χ0) is 14.7. The van der Waals surface area contributed by atoms with Gasteiger partial charge in [-0.25, -0.2) is 0 Å². The van der Waals surface area contributed by atoms with Crippen LogP contribution in [0.15, 0.2) is 0 Å². The summed E-state index contributed by atoms with van der Waals surface area (Å²) < 4.78 is 0. The second-order valence-corrected chi connectivity index (χ2v) is 7.47. The average molecular weight is 329 g/mol. The zero-order valence-electron chi connectivity index (χ0n) is 14.1. The Kier molecular flexibility index (Phi) is 7.01. The molecule has 1 amide bonds. The van der Waals surface area contributed by atoms with E-state index in [-0.39, 0.29) is 18.3 Å². The van der Waals surface area contributed by atoms with E-state index >= 15 is 0 Å². The molecule has 1 aliphatic carbocycles. The molecular formula is C18H33ClN2O. The van der Waals surface area contributed by atoms with Gasteiger partial charge in [0.15, 0.2) is 0 Å². The van der Waals surface area contributed by atoms with Gasteiger partial charge in [0.1, 0.15) is 0 Å². The van der Waals surface area contributed by atoms with Crippen molar-refractivity contribution >= 4 is 18.3 Å². The third-order valence-electron chi connectivity index (χ3n) is 6.09. The minimum atomic E-state index is 0. The fourth-order valence-corrected chi connectivity index (χ4v) is 4.82. The summed E-state index contributed by atoms with van der Waals surface area (Å²) in [5, 5.41) is 3.51. The van der Waals surface area contributed by atoms with E-state index in [4.69, 9.17) is 0 Å². The molecule has 3 rings (SSSR count). The normalized spacial score (nSPS) is 30.5. The van der Waals surface area contributed by atoms with Crippen LogP contribution in [0.2, 0.25) is 0 Å². The quantitative estimate of drug-likeness (QED) is 0.852. The van der Waals surface area contributed by atoms with Crippen LogP contribution in [0.25, 0.3) is 0 Å². The maximum absolute atomic E-state index is 13.1. The van der Waals surface area contributed by atoms with Crippen LogP contribution in [0.4, 0.5) is 0 Å². The molecule has 1 saturated carbocycles. The van der Waals surface area contributed by atoms with Gasteiger partial charge >= 0.3 is 0 Å². The van der Waals surface area contributed by atoms with Crippen molar-refractivity contribution in [2.24, 2.45) is 11.8 Å². The lowest BCUT2D eigenvalue weighted by atomic mass is 9.81. The molecule has 1 N–H and O–H groups in total. The summed E-state index contributed by atoms with van der Waals surface area (Å²) >= 11 is 0. The van der Waals surface area contributed by atoms with Crippen molar-refractivity contribution in [1.82, 2.24) is 10.2 Å². The summed E-state index contributed by atoms with van der Waals surface area (Å²) in [5.74, 6) is 1.59. The Balaban J connectivity index is 0.00000176. The van der Waals surface area contributed by atoms with Crippen molar-refractivity contribution in [3.05, 3.63) is 0 Å². The molecule has 3 nitrogen and oxygen atoms in total. The fraction of sp³-hybridized carbons (Fsp3) is 0.944. The largest absolute Gasteiger partial charge is 0.335 e. The van der Waals surface area contributed by atoms with Crippen molar-refractivity contribution in [3.63, 3.8) is 0 Å². The van der Waals surface area contributed by atoms with E-state index in [2.05, 4.69) is 17.1 Å². The van der Waals surface area contributed by atoms with Crippen LogP contribution >= 0.6 is 12.4 Å². The average Bonchev–Trinajstić information content (AvgIpc) is 2.78. The second kappa shape index (κ2) is 8.54. The second-order valence-electron chi connectivity index (χ2n) is 7.47. The Morgan fingerprint density at radius 3 is 2.55 bits per heavy atom. The van der Waals surface area contributed by atoms with Crippen molar-refractivity contribution in [2.75, 3.05) is 13.1 Å². The van der Waals surface area contributed by atoms with Crippen molar-refractivity contribution in [1.29, 1.82) is 0 Å². The zero-order valence-corrected chi connectivity index (χ0v) is 14.9. The van der Waals surface area contributed by atoms with E-state index in [0.717, 1.165) is 38.3 Å². The first-order valence-corrected chi connectivity index (χ1v) is 9.32. The maximum Gasteiger partial charge on any atom is 0.226 e. The van der Waals surface area contributed by atoms with Crippen molar-refractivity contribution in [3.8, 4) is 0 Å². The van der Waals surface area contributed by atoms with Crippen LogP contribution in [-0.2, 0) is 4.79 Å². The molecule has 4 heteroatoms. The molecule has 128 valence electrons. The van der Waals surface area contributed by atoms with Crippen LogP contribution < -0.4 is 5.32 Å². The number of rotatable bonds is 4. The van der Waals surface area contributed by atoms with Crippen LogP contribution in [0, 0.1) is 11.8 Å². The molecule has 0 radical (unpaired) electrons. The lowest BCUT2D eigenvalue weighted by molar-refractivity contribution is -0.139. The van der Waals surface area contributed by atoms with Gasteiger partial charge in [0.05, 0.1) is 0 Å². The molecule has 0 aromatic heterocycles. The van der Waals surface area contributed by atoms with Gasteiger partial charge in [-0.3, -0.25) is 4.79 Å². The minimum Gasteiger partial charge on any atom is -0.335 e. The monoisotopic (exact) mass is 328 g/mol. The third-order valence-corrected chi connectivity index (χ3v) is 6.09. The Bertz CT molecular complexity index is 343. The molecule has 2 saturated heterocycles. The van der Waals surface area contributed by atoms with E-state index in [0.29, 0.717) is 18.0 Å². The number of carbonyl (C=O) groups excluding carboxylic acids is 1. The number of hydrogen-bond acceptors (Lipinski definition) is 2. The third kappa shape index (κ3) is 3.97. The van der Waals surface area contributed by atoms with E-state index in [9.17, 15) is 4.79 Å². The van der Waals surface area contributed by atoms with Crippen LogP contribution in [0.1, 0.15) is 71.1 Å². The van der Waals surface area contributed by atoms with Crippen LogP contribution in [0.3, 0.4) is 0 Å². The molecular weight excluding hydrogens is 296 g/mol. The molecule has 0 aromatic carbocycles. The molecule has 3 aliphatic rings. The highest BCUT2D eigenvalue weighted by Gasteiger charge is 2.40. The van der Waals surface area contributed by atoms with Gasteiger partial charge in [-0.1, -0.05) is 39.0 Å². The Labute approximate surface area is 142 Å². The number of amides is 1. The van der Waals surface area contributed by atoms with Crippen molar-refractivity contribution in [2.45, 2.75) is 83.2 Å². The number of hydrogen-bond donors (Lipinski definition) is 1. The molecule has 0 aromatic rings. The topological polar surface area (TPSA) is 32.3 Å². The molecule has 2 heterocycles. The smallest absolute Gasteiger partial charge is 0.226 e. The van der Waals surface area contributed by atoms with Gasteiger partial charge < -0.3 is 10.2 Å². The molecule has 3 unspecified atom stereocenters. The Morgan fingerprint density at radius 1 is 1.09 bits per heavy atom. The first kappa shape index (κ1) is 18.1. The maximum atomic E-state index is 13.1. The summed E-state index contributed by atoms with van der Waals surface area (Å²) in [5.41, 5.74) is 0. The number of fused-ring (bicyclic) bond motifs is 2. The highest BCUT2D eigenvalue weighted by molar-refractivity contribution is 5.85. The van der Waals surface area contributed by atoms with E-state index < -0.39 is 0 Å². The highest BCUT2D eigenvalue weighted by atomic mass is 35.5. The predicted octanol–water partition coefficient (Wildman–Crippen LogP) is 3.76. The summed E-state index contributed by atoms with van der Waals surface area (Å²) in [6.45, 7) is 4.32. The molecule has 22 heavy (non-hydrogen) atoms. The highest BCUT2D eigenvalue weighted by Crippen LogP contribution is 2.34. The first-order chi connectivity index (χ1) is 10.3. The van der Waals surface area contributed by atoms with Gasteiger partial charge in [-0.05, 0) is 44.6 Å². The lowest BCUT2D eigenvalue weighted by Crippen LogP contribution is -2.45. The van der Waals surface area contributed by atoms with E-state index in [1.54, 1.807) is 0 Å². The summed E-state index contributed by atoms with van der Waals surface area (Å²) in [6.07, 6.45) is 12.7. The molecule has 2 aliphatic heterocycles. The summed E-state index contributed by atoms with van der Waals surface area (Å²) in [6, 6.07) is 1.00. The molecule has 3 fully saturated rings. The Hall–Kier alpha value is -0.280. The lowest BCUT2D eigenvalue weighted by Gasteiger charge is -2.33. The van der Waals surface area contributed by atoms with Gasteiger partial charge in [0.25, 0.3) is 0 Å². The van der Waals surface area contributed by atoms with Crippen molar-refractivity contribution < 1.29 is 4.79 Å². The molecule has 0 spiro atoms.